The van der Waals surface area contributed by atoms with Gasteiger partial charge in [0.25, 0.3) is 11.5 Å². The zero-order chi connectivity index (χ0) is 13.8. The largest absolute Gasteiger partial charge is 0.344 e. The number of hydrogen-bond acceptors (Lipinski definition) is 3. The molecule has 0 aliphatic heterocycles. The number of benzene rings is 1. The van der Waals surface area contributed by atoms with Gasteiger partial charge in [0, 0.05) is 10.5 Å². The van der Waals surface area contributed by atoms with Crippen molar-refractivity contribution in [1.29, 1.82) is 0 Å². The van der Waals surface area contributed by atoms with Gasteiger partial charge < -0.3 is 5.32 Å². The van der Waals surface area contributed by atoms with Gasteiger partial charge >= 0.3 is 0 Å². The molecule has 0 saturated heterocycles. The van der Waals surface area contributed by atoms with Crippen LogP contribution in [0, 0.1) is 0 Å². The van der Waals surface area contributed by atoms with Crippen LogP contribution in [0.15, 0.2) is 45.7 Å². The Morgan fingerprint density at radius 1 is 1.26 bits per heavy atom. The summed E-state index contributed by atoms with van der Waals surface area (Å²) < 4.78 is 0.983. The number of carbonyl (C=O) groups excluding carboxylic acids is 1. The van der Waals surface area contributed by atoms with Crippen molar-refractivity contribution in [2.45, 2.75) is 13.0 Å². The van der Waals surface area contributed by atoms with Gasteiger partial charge in [0.15, 0.2) is 0 Å². The second-order valence-corrected chi connectivity index (χ2v) is 4.97. The van der Waals surface area contributed by atoms with Crippen LogP contribution in [0.2, 0.25) is 0 Å². The molecule has 1 aromatic carbocycles. The molecule has 0 spiro atoms. The van der Waals surface area contributed by atoms with Crippen LogP contribution < -0.4 is 10.9 Å². The summed E-state index contributed by atoms with van der Waals surface area (Å²) in [5.41, 5.74) is 0.835. The maximum atomic E-state index is 11.9. The number of aromatic amines is 1. The minimum atomic E-state index is -0.336. The van der Waals surface area contributed by atoms with E-state index in [0.29, 0.717) is 0 Å². The molecule has 1 atom stereocenters. The summed E-state index contributed by atoms with van der Waals surface area (Å²) in [4.78, 5) is 22.8. The molecule has 0 aliphatic carbocycles. The Balaban J connectivity index is 2.08. The molecular formula is C13H12BrN3O2. The average molecular weight is 322 g/mol. The highest BCUT2D eigenvalue weighted by atomic mass is 79.9. The molecule has 2 N–H and O–H groups in total. The number of rotatable bonds is 3. The lowest BCUT2D eigenvalue weighted by molar-refractivity contribution is 0.0933. The topological polar surface area (TPSA) is 74.8 Å². The second kappa shape index (κ2) is 5.79. The SMILES string of the molecule is C[C@H](NC(=O)c1ccc(=O)[nH]n1)c1ccc(Br)cc1. The third kappa shape index (κ3) is 3.51. The molecule has 1 aromatic heterocycles. The molecule has 0 saturated carbocycles. The van der Waals surface area contributed by atoms with Gasteiger partial charge in [-0.2, -0.15) is 5.10 Å². The van der Waals surface area contributed by atoms with Crippen molar-refractivity contribution < 1.29 is 4.79 Å². The molecule has 1 heterocycles. The first-order valence-corrected chi connectivity index (χ1v) is 6.47. The molecule has 2 rings (SSSR count). The summed E-state index contributed by atoms with van der Waals surface area (Å²) in [5, 5.41) is 8.72. The standard InChI is InChI=1S/C13H12BrN3O2/c1-8(9-2-4-10(14)5-3-9)15-13(19)11-6-7-12(18)17-16-11/h2-8H,1H3,(H,15,19)(H,17,18)/t8-/m0/s1. The van der Waals surface area contributed by atoms with E-state index in [1.54, 1.807) is 0 Å². The molecule has 19 heavy (non-hydrogen) atoms. The predicted octanol–water partition coefficient (Wildman–Crippen LogP) is 2.02. The summed E-state index contributed by atoms with van der Waals surface area (Å²) in [7, 11) is 0. The van der Waals surface area contributed by atoms with Gasteiger partial charge in [-0.1, -0.05) is 28.1 Å². The van der Waals surface area contributed by atoms with Gasteiger partial charge in [-0.15, -0.1) is 0 Å². The lowest BCUT2D eigenvalue weighted by Crippen LogP contribution is -2.28. The Labute approximate surface area is 118 Å². The normalized spacial score (nSPS) is 11.9. The van der Waals surface area contributed by atoms with E-state index in [4.69, 9.17) is 0 Å². The van der Waals surface area contributed by atoms with E-state index in [0.717, 1.165) is 10.0 Å². The van der Waals surface area contributed by atoms with Gasteiger partial charge in [0.1, 0.15) is 5.69 Å². The van der Waals surface area contributed by atoms with E-state index in [-0.39, 0.29) is 23.2 Å². The number of aromatic nitrogens is 2. The lowest BCUT2D eigenvalue weighted by atomic mass is 10.1. The van der Waals surface area contributed by atoms with Crippen LogP contribution in [0.5, 0.6) is 0 Å². The fraction of sp³-hybridized carbons (Fsp3) is 0.154. The number of carbonyl (C=O) groups is 1. The van der Waals surface area contributed by atoms with Crippen LogP contribution in [0.1, 0.15) is 29.0 Å². The Kier molecular flexibility index (Phi) is 4.11. The quantitative estimate of drug-likeness (QED) is 0.908. The first-order valence-electron chi connectivity index (χ1n) is 5.68. The van der Waals surface area contributed by atoms with E-state index in [1.165, 1.54) is 12.1 Å². The van der Waals surface area contributed by atoms with Crippen LogP contribution in [0.3, 0.4) is 0 Å². The van der Waals surface area contributed by atoms with Crippen molar-refractivity contribution in [2.24, 2.45) is 0 Å². The summed E-state index contributed by atoms with van der Waals surface area (Å²) in [6, 6.07) is 10.2. The molecule has 1 amide bonds. The van der Waals surface area contributed by atoms with Crippen molar-refractivity contribution in [1.82, 2.24) is 15.5 Å². The second-order valence-electron chi connectivity index (χ2n) is 4.05. The molecule has 5 nitrogen and oxygen atoms in total. The van der Waals surface area contributed by atoms with E-state index in [2.05, 4.69) is 31.4 Å². The Hall–Kier alpha value is -1.95. The van der Waals surface area contributed by atoms with Crippen molar-refractivity contribution in [3.63, 3.8) is 0 Å². The van der Waals surface area contributed by atoms with Gasteiger partial charge in [-0.25, -0.2) is 5.10 Å². The number of nitrogens with one attached hydrogen (secondary N) is 2. The number of halogens is 1. The van der Waals surface area contributed by atoms with Crippen molar-refractivity contribution in [2.75, 3.05) is 0 Å². The summed E-state index contributed by atoms with van der Waals surface area (Å²) >= 11 is 3.36. The molecule has 0 fully saturated rings. The van der Waals surface area contributed by atoms with Gasteiger partial charge in [-0.3, -0.25) is 9.59 Å². The Morgan fingerprint density at radius 3 is 2.53 bits per heavy atom. The highest BCUT2D eigenvalue weighted by Crippen LogP contribution is 2.16. The highest BCUT2D eigenvalue weighted by Gasteiger charge is 2.12. The molecule has 0 aliphatic rings. The maximum absolute atomic E-state index is 11.9. The number of nitrogens with zero attached hydrogens (tertiary/aromatic N) is 1. The molecule has 0 bridgehead atoms. The first-order chi connectivity index (χ1) is 9.06. The predicted molar refractivity (Wildman–Crippen MR) is 74.9 cm³/mol. The van der Waals surface area contributed by atoms with Gasteiger partial charge in [0.2, 0.25) is 0 Å². The van der Waals surface area contributed by atoms with Gasteiger partial charge in [0.05, 0.1) is 6.04 Å². The van der Waals surface area contributed by atoms with E-state index in [1.807, 2.05) is 31.2 Å². The summed E-state index contributed by atoms with van der Waals surface area (Å²) in [5.74, 6) is -0.327. The molecule has 0 radical (unpaired) electrons. The van der Waals surface area contributed by atoms with Crippen LogP contribution >= 0.6 is 15.9 Å². The van der Waals surface area contributed by atoms with Crippen molar-refractivity contribution in [3.8, 4) is 0 Å². The average Bonchev–Trinajstić information content (AvgIpc) is 2.40. The molecule has 98 valence electrons. The molecule has 2 aromatic rings. The van der Waals surface area contributed by atoms with Crippen LogP contribution in [0.4, 0.5) is 0 Å². The van der Waals surface area contributed by atoms with Crippen LogP contribution in [0.25, 0.3) is 0 Å². The Morgan fingerprint density at radius 2 is 1.95 bits per heavy atom. The number of hydrogen-bond donors (Lipinski definition) is 2. The highest BCUT2D eigenvalue weighted by molar-refractivity contribution is 9.10. The smallest absolute Gasteiger partial charge is 0.272 e. The van der Waals surface area contributed by atoms with Crippen LogP contribution in [-0.2, 0) is 0 Å². The summed E-state index contributed by atoms with van der Waals surface area (Å²) in [6.07, 6.45) is 0. The fourth-order valence-electron chi connectivity index (χ4n) is 1.58. The minimum Gasteiger partial charge on any atom is -0.344 e. The third-order valence-electron chi connectivity index (χ3n) is 2.63. The third-order valence-corrected chi connectivity index (χ3v) is 3.16. The van der Waals surface area contributed by atoms with E-state index in [9.17, 15) is 9.59 Å². The first kappa shape index (κ1) is 13.5. The lowest BCUT2D eigenvalue weighted by Gasteiger charge is -2.13. The number of H-pyrrole nitrogens is 1. The molecular weight excluding hydrogens is 310 g/mol. The summed E-state index contributed by atoms with van der Waals surface area (Å²) in [6.45, 7) is 1.88. The van der Waals surface area contributed by atoms with Crippen molar-refractivity contribution in [3.05, 3.63) is 62.5 Å². The molecule has 0 unspecified atom stereocenters. The zero-order valence-corrected chi connectivity index (χ0v) is 11.8. The zero-order valence-electron chi connectivity index (χ0n) is 10.2. The molecule has 6 heteroatoms. The van der Waals surface area contributed by atoms with Gasteiger partial charge in [-0.05, 0) is 30.7 Å². The van der Waals surface area contributed by atoms with Crippen LogP contribution in [-0.4, -0.2) is 16.1 Å². The van der Waals surface area contributed by atoms with Crippen molar-refractivity contribution >= 4 is 21.8 Å². The fourth-order valence-corrected chi connectivity index (χ4v) is 1.84. The minimum absolute atomic E-state index is 0.144. The Bertz CT molecular complexity index is 617. The monoisotopic (exact) mass is 321 g/mol. The van der Waals surface area contributed by atoms with E-state index < -0.39 is 0 Å². The number of amides is 1. The van der Waals surface area contributed by atoms with E-state index >= 15 is 0 Å². The maximum Gasteiger partial charge on any atom is 0.272 e.